The van der Waals surface area contributed by atoms with Crippen molar-refractivity contribution in [1.82, 2.24) is 9.97 Å². The molecule has 0 radical (unpaired) electrons. The molecular formula is C14H11F4N3O2. The molecule has 122 valence electrons. The Morgan fingerprint density at radius 2 is 1.91 bits per heavy atom. The molecule has 1 aromatic carbocycles. The zero-order valence-corrected chi connectivity index (χ0v) is 11.8. The first kappa shape index (κ1) is 16.7. The van der Waals surface area contributed by atoms with Gasteiger partial charge >= 0.3 is 12.2 Å². The van der Waals surface area contributed by atoms with Gasteiger partial charge in [0.05, 0.1) is 11.8 Å². The van der Waals surface area contributed by atoms with Crippen LogP contribution < -0.4 is 10.1 Å². The first-order chi connectivity index (χ1) is 10.8. The second-order valence-electron chi connectivity index (χ2n) is 4.51. The van der Waals surface area contributed by atoms with Gasteiger partial charge in [0.2, 0.25) is 5.91 Å². The number of benzene rings is 1. The fraction of sp³-hybridized carbons (Fsp3) is 0.214. The lowest BCUT2D eigenvalue weighted by Crippen LogP contribution is -2.11. The molecule has 0 bridgehead atoms. The molecule has 1 heterocycles. The number of aromatic nitrogens is 2. The molecular weight excluding hydrogens is 318 g/mol. The van der Waals surface area contributed by atoms with E-state index in [0.29, 0.717) is 5.56 Å². The van der Waals surface area contributed by atoms with Gasteiger partial charge in [-0.3, -0.25) is 4.79 Å². The molecule has 0 spiro atoms. The quantitative estimate of drug-likeness (QED) is 0.875. The molecule has 1 aromatic heterocycles. The van der Waals surface area contributed by atoms with Gasteiger partial charge in [-0.25, -0.2) is 9.37 Å². The molecule has 0 aliphatic heterocycles. The van der Waals surface area contributed by atoms with Crippen LogP contribution in [0.15, 0.2) is 30.5 Å². The Bertz CT molecular complexity index is 702. The van der Waals surface area contributed by atoms with Crippen molar-refractivity contribution < 1.29 is 27.1 Å². The molecule has 0 aliphatic rings. The van der Waals surface area contributed by atoms with E-state index in [1.54, 1.807) is 0 Å². The summed E-state index contributed by atoms with van der Waals surface area (Å²) >= 11 is 0. The van der Waals surface area contributed by atoms with Crippen molar-refractivity contribution in [2.24, 2.45) is 0 Å². The average molecular weight is 329 g/mol. The summed E-state index contributed by atoms with van der Waals surface area (Å²) < 4.78 is 55.8. The number of ether oxygens (including phenoxy) is 1. The summed E-state index contributed by atoms with van der Waals surface area (Å²) in [6.45, 7) is 1.08. The minimum atomic E-state index is -4.41. The van der Waals surface area contributed by atoms with Crippen LogP contribution in [0.2, 0.25) is 0 Å². The third-order valence-electron chi connectivity index (χ3n) is 2.67. The molecule has 9 heteroatoms. The van der Waals surface area contributed by atoms with Crippen molar-refractivity contribution in [3.63, 3.8) is 0 Å². The third-order valence-corrected chi connectivity index (χ3v) is 2.67. The maximum atomic E-state index is 13.3. The zero-order valence-electron chi connectivity index (χ0n) is 11.8. The largest absolute Gasteiger partial charge is 0.459 e. The van der Waals surface area contributed by atoms with E-state index in [2.05, 4.69) is 15.3 Å². The molecule has 1 amide bonds. The number of nitrogens with one attached hydrogen (secondary N) is 1. The van der Waals surface area contributed by atoms with E-state index in [9.17, 15) is 22.4 Å². The first-order valence-corrected chi connectivity index (χ1v) is 6.35. The number of amides is 1. The van der Waals surface area contributed by atoms with Crippen molar-refractivity contribution in [2.45, 2.75) is 19.7 Å². The molecule has 0 saturated carbocycles. The number of nitrogens with zero attached hydrogens (tertiary/aromatic N) is 2. The Morgan fingerprint density at radius 3 is 2.48 bits per heavy atom. The summed E-state index contributed by atoms with van der Waals surface area (Å²) in [6.07, 6.45) is -3.59. The standard InChI is InChI=1S/C14H11F4N3O2/c1-8(22)20-12-11(15)6-19-13(21-12)23-7-9-2-4-10(5-3-9)14(16,17)18/h2-6H,7H2,1H3,(H,19,20,21,22). The molecule has 1 N–H and O–H groups in total. The molecule has 0 saturated heterocycles. The van der Waals surface area contributed by atoms with E-state index in [0.717, 1.165) is 18.3 Å². The van der Waals surface area contributed by atoms with Gasteiger partial charge in [-0.05, 0) is 17.7 Å². The normalized spacial score (nSPS) is 11.2. The first-order valence-electron chi connectivity index (χ1n) is 6.35. The molecule has 23 heavy (non-hydrogen) atoms. The summed E-state index contributed by atoms with van der Waals surface area (Å²) in [7, 11) is 0. The highest BCUT2D eigenvalue weighted by atomic mass is 19.4. The van der Waals surface area contributed by atoms with Crippen LogP contribution in [0, 0.1) is 5.82 Å². The van der Waals surface area contributed by atoms with E-state index >= 15 is 0 Å². The Balaban J connectivity index is 2.04. The van der Waals surface area contributed by atoms with E-state index in [-0.39, 0.29) is 18.4 Å². The van der Waals surface area contributed by atoms with Gasteiger partial charge in [-0.1, -0.05) is 12.1 Å². The number of hydrogen-bond acceptors (Lipinski definition) is 4. The van der Waals surface area contributed by atoms with Gasteiger partial charge in [0, 0.05) is 6.92 Å². The lowest BCUT2D eigenvalue weighted by molar-refractivity contribution is -0.137. The van der Waals surface area contributed by atoms with Crippen LogP contribution in [0.25, 0.3) is 0 Å². The minimum absolute atomic E-state index is 0.108. The van der Waals surface area contributed by atoms with Crippen LogP contribution in [0.4, 0.5) is 23.4 Å². The molecule has 0 atom stereocenters. The van der Waals surface area contributed by atoms with E-state index in [1.165, 1.54) is 19.1 Å². The average Bonchev–Trinajstić information content (AvgIpc) is 2.47. The maximum absolute atomic E-state index is 13.3. The minimum Gasteiger partial charge on any atom is -0.459 e. The lowest BCUT2D eigenvalue weighted by Gasteiger charge is -2.09. The molecule has 2 rings (SSSR count). The van der Waals surface area contributed by atoms with Gasteiger partial charge in [-0.15, -0.1) is 0 Å². The molecule has 0 fully saturated rings. The predicted molar refractivity (Wildman–Crippen MR) is 72.1 cm³/mol. The topological polar surface area (TPSA) is 64.1 Å². The van der Waals surface area contributed by atoms with Crippen LogP contribution in [0.1, 0.15) is 18.1 Å². The maximum Gasteiger partial charge on any atom is 0.416 e. The zero-order chi connectivity index (χ0) is 17.0. The summed E-state index contributed by atoms with van der Waals surface area (Å²) in [5.74, 6) is -1.69. The van der Waals surface area contributed by atoms with Gasteiger partial charge in [0.1, 0.15) is 6.61 Å². The number of carbonyl (C=O) groups excluding carboxylic acids is 1. The summed E-state index contributed by atoms with van der Waals surface area (Å²) in [5.41, 5.74) is -0.320. The van der Waals surface area contributed by atoms with Gasteiger partial charge < -0.3 is 10.1 Å². The Kier molecular flexibility index (Phi) is 4.77. The Labute approximate surface area is 128 Å². The van der Waals surface area contributed by atoms with Gasteiger partial charge in [-0.2, -0.15) is 18.2 Å². The monoisotopic (exact) mass is 329 g/mol. The fourth-order valence-electron chi connectivity index (χ4n) is 1.61. The van der Waals surface area contributed by atoms with Crippen molar-refractivity contribution in [3.05, 3.63) is 47.4 Å². The van der Waals surface area contributed by atoms with Crippen molar-refractivity contribution >= 4 is 11.7 Å². The van der Waals surface area contributed by atoms with Crippen LogP contribution in [0.5, 0.6) is 6.01 Å². The lowest BCUT2D eigenvalue weighted by atomic mass is 10.1. The Hall–Kier alpha value is -2.71. The Morgan fingerprint density at radius 1 is 1.26 bits per heavy atom. The van der Waals surface area contributed by atoms with E-state index in [1.807, 2.05) is 0 Å². The van der Waals surface area contributed by atoms with Crippen LogP contribution in [-0.2, 0) is 17.6 Å². The van der Waals surface area contributed by atoms with Crippen LogP contribution in [-0.4, -0.2) is 15.9 Å². The number of alkyl halides is 3. The molecule has 0 aliphatic carbocycles. The van der Waals surface area contributed by atoms with Crippen LogP contribution >= 0.6 is 0 Å². The van der Waals surface area contributed by atoms with Crippen LogP contribution in [0.3, 0.4) is 0 Å². The fourth-order valence-corrected chi connectivity index (χ4v) is 1.61. The van der Waals surface area contributed by atoms with Crippen molar-refractivity contribution in [2.75, 3.05) is 5.32 Å². The summed E-state index contributed by atoms with van der Waals surface area (Å²) in [6, 6.07) is 4.14. The van der Waals surface area contributed by atoms with Crippen molar-refractivity contribution in [1.29, 1.82) is 0 Å². The number of carbonyl (C=O) groups is 1. The second-order valence-corrected chi connectivity index (χ2v) is 4.51. The molecule has 5 nitrogen and oxygen atoms in total. The van der Waals surface area contributed by atoms with E-state index in [4.69, 9.17) is 4.74 Å². The smallest absolute Gasteiger partial charge is 0.416 e. The van der Waals surface area contributed by atoms with Crippen molar-refractivity contribution in [3.8, 4) is 6.01 Å². The van der Waals surface area contributed by atoms with E-state index < -0.39 is 23.5 Å². The molecule has 2 aromatic rings. The third kappa shape index (κ3) is 4.63. The summed E-state index contributed by atoms with van der Waals surface area (Å²) in [4.78, 5) is 18.1. The highest BCUT2D eigenvalue weighted by Crippen LogP contribution is 2.29. The second kappa shape index (κ2) is 6.59. The highest BCUT2D eigenvalue weighted by Gasteiger charge is 2.29. The predicted octanol–water partition coefficient (Wildman–Crippen LogP) is 3.17. The van der Waals surface area contributed by atoms with Gasteiger partial charge in [0.15, 0.2) is 11.6 Å². The summed E-state index contributed by atoms with van der Waals surface area (Å²) in [5, 5.41) is 2.17. The molecule has 0 unspecified atom stereocenters. The number of halogens is 4. The highest BCUT2D eigenvalue weighted by molar-refractivity contribution is 5.87. The van der Waals surface area contributed by atoms with Gasteiger partial charge in [0.25, 0.3) is 0 Å². The SMILES string of the molecule is CC(=O)Nc1nc(OCc2ccc(C(F)(F)F)cc2)ncc1F. The number of hydrogen-bond donors (Lipinski definition) is 1. The number of anilines is 1. The number of rotatable bonds is 4.